The molecule has 0 bridgehead atoms. The van der Waals surface area contributed by atoms with Gasteiger partial charge in [0.15, 0.2) is 0 Å². The van der Waals surface area contributed by atoms with Gasteiger partial charge in [-0.2, -0.15) is 0 Å². The summed E-state index contributed by atoms with van der Waals surface area (Å²) >= 11 is 1.28. The largest absolute Gasteiger partial charge is 0.395 e. The molecule has 0 spiro atoms. The van der Waals surface area contributed by atoms with Crippen molar-refractivity contribution in [2.75, 3.05) is 25.0 Å². The van der Waals surface area contributed by atoms with E-state index in [1.807, 2.05) is 6.92 Å². The van der Waals surface area contributed by atoms with Gasteiger partial charge < -0.3 is 10.0 Å². The second-order valence-electron chi connectivity index (χ2n) is 4.95. The first-order valence-electron chi connectivity index (χ1n) is 7.36. The van der Waals surface area contributed by atoms with Crippen LogP contribution >= 0.6 is 11.3 Å². The van der Waals surface area contributed by atoms with E-state index < -0.39 is 0 Å². The van der Waals surface area contributed by atoms with Gasteiger partial charge in [0.25, 0.3) is 0 Å². The first kappa shape index (κ1) is 17.3. The maximum Gasteiger partial charge on any atom is 0.323 e. The van der Waals surface area contributed by atoms with Crippen LogP contribution in [0.3, 0.4) is 0 Å². The highest BCUT2D eigenvalue weighted by Gasteiger charge is 2.14. The highest BCUT2D eigenvalue weighted by atomic mass is 32.1. The Labute approximate surface area is 138 Å². The normalized spacial score (nSPS) is 10.6. The van der Waals surface area contributed by atoms with E-state index in [-0.39, 0.29) is 25.0 Å². The van der Waals surface area contributed by atoms with E-state index in [0.29, 0.717) is 18.1 Å². The van der Waals surface area contributed by atoms with Crippen molar-refractivity contribution in [3.8, 4) is 0 Å². The SMILES string of the molecule is CCCN(CCO)C(=O)Nc1nnc(Cc2ccc(F)cc2)s1. The number of hydrogen-bond donors (Lipinski definition) is 2. The molecule has 0 saturated carbocycles. The number of anilines is 1. The minimum absolute atomic E-state index is 0.0840. The highest BCUT2D eigenvalue weighted by Crippen LogP contribution is 2.19. The number of urea groups is 1. The van der Waals surface area contributed by atoms with Crippen molar-refractivity contribution in [1.82, 2.24) is 15.1 Å². The van der Waals surface area contributed by atoms with Crippen LogP contribution in [0, 0.1) is 5.82 Å². The summed E-state index contributed by atoms with van der Waals surface area (Å²) in [6.07, 6.45) is 1.34. The molecule has 0 fully saturated rings. The summed E-state index contributed by atoms with van der Waals surface area (Å²) in [6, 6.07) is 5.89. The van der Waals surface area contributed by atoms with Crippen LogP contribution in [0.25, 0.3) is 0 Å². The van der Waals surface area contributed by atoms with Gasteiger partial charge in [-0.05, 0) is 24.1 Å². The molecule has 0 aliphatic heterocycles. The third kappa shape index (κ3) is 5.26. The molecule has 8 heteroatoms. The molecule has 6 nitrogen and oxygen atoms in total. The Hall–Kier alpha value is -2.06. The van der Waals surface area contributed by atoms with Gasteiger partial charge in [0.1, 0.15) is 10.8 Å². The fraction of sp³-hybridized carbons (Fsp3) is 0.400. The lowest BCUT2D eigenvalue weighted by Crippen LogP contribution is -2.37. The molecule has 0 radical (unpaired) electrons. The average Bonchev–Trinajstić information content (AvgIpc) is 2.96. The van der Waals surface area contributed by atoms with Crippen molar-refractivity contribution < 1.29 is 14.3 Å². The lowest BCUT2D eigenvalue weighted by atomic mass is 10.2. The monoisotopic (exact) mass is 338 g/mol. The number of carbonyl (C=O) groups excluding carboxylic acids is 1. The number of nitrogens with zero attached hydrogens (tertiary/aromatic N) is 3. The maximum atomic E-state index is 12.9. The van der Waals surface area contributed by atoms with Crippen LogP contribution < -0.4 is 5.32 Å². The Balaban J connectivity index is 1.95. The molecule has 1 aromatic carbocycles. The molecule has 2 aromatic rings. The Morgan fingerprint density at radius 1 is 1.30 bits per heavy atom. The van der Waals surface area contributed by atoms with E-state index in [0.717, 1.165) is 17.0 Å². The third-order valence-corrected chi connectivity index (χ3v) is 3.94. The molecular formula is C15H19FN4O2S. The van der Waals surface area contributed by atoms with Crippen molar-refractivity contribution in [3.05, 3.63) is 40.7 Å². The van der Waals surface area contributed by atoms with Crippen LogP contribution in [0.15, 0.2) is 24.3 Å². The minimum atomic E-state index is -0.301. The number of halogens is 1. The molecule has 0 unspecified atom stereocenters. The van der Waals surface area contributed by atoms with Crippen LogP contribution in [0.4, 0.5) is 14.3 Å². The van der Waals surface area contributed by atoms with Crippen molar-refractivity contribution in [1.29, 1.82) is 0 Å². The van der Waals surface area contributed by atoms with Crippen LogP contribution in [-0.2, 0) is 6.42 Å². The zero-order valence-electron chi connectivity index (χ0n) is 12.8. The lowest BCUT2D eigenvalue weighted by Gasteiger charge is -2.20. The van der Waals surface area contributed by atoms with Crippen molar-refractivity contribution in [2.24, 2.45) is 0 Å². The fourth-order valence-corrected chi connectivity index (χ4v) is 2.79. The summed E-state index contributed by atoms with van der Waals surface area (Å²) in [4.78, 5) is 13.6. The Morgan fingerprint density at radius 3 is 2.70 bits per heavy atom. The number of carbonyl (C=O) groups is 1. The zero-order valence-corrected chi connectivity index (χ0v) is 13.6. The number of hydrogen-bond acceptors (Lipinski definition) is 5. The maximum absolute atomic E-state index is 12.9. The number of amides is 2. The molecule has 124 valence electrons. The van der Waals surface area contributed by atoms with Gasteiger partial charge in [0.05, 0.1) is 6.61 Å². The summed E-state index contributed by atoms with van der Waals surface area (Å²) in [5.41, 5.74) is 0.924. The molecule has 0 aliphatic rings. The van der Waals surface area contributed by atoms with Gasteiger partial charge in [-0.1, -0.05) is 30.4 Å². The molecule has 1 heterocycles. The summed E-state index contributed by atoms with van der Waals surface area (Å²) in [7, 11) is 0. The molecular weight excluding hydrogens is 319 g/mol. The van der Waals surface area contributed by atoms with Crippen LogP contribution in [0.2, 0.25) is 0 Å². The fourth-order valence-electron chi connectivity index (χ4n) is 2.03. The van der Waals surface area contributed by atoms with E-state index in [2.05, 4.69) is 15.5 Å². The summed E-state index contributed by atoms with van der Waals surface area (Å²) in [5, 5.41) is 20.8. The molecule has 2 rings (SSSR count). The first-order chi connectivity index (χ1) is 11.1. The number of aromatic nitrogens is 2. The number of nitrogens with one attached hydrogen (secondary N) is 1. The van der Waals surface area contributed by atoms with Gasteiger partial charge in [-0.15, -0.1) is 10.2 Å². The molecule has 1 aromatic heterocycles. The van der Waals surface area contributed by atoms with E-state index in [1.54, 1.807) is 12.1 Å². The van der Waals surface area contributed by atoms with E-state index in [1.165, 1.54) is 28.4 Å². The molecule has 2 N–H and O–H groups in total. The number of aliphatic hydroxyl groups is 1. The van der Waals surface area contributed by atoms with Gasteiger partial charge in [-0.25, -0.2) is 9.18 Å². The predicted molar refractivity (Wildman–Crippen MR) is 87.1 cm³/mol. The summed E-state index contributed by atoms with van der Waals surface area (Å²) < 4.78 is 12.9. The number of benzene rings is 1. The summed E-state index contributed by atoms with van der Waals surface area (Å²) in [6.45, 7) is 2.72. The Kier molecular flexibility index (Phi) is 6.42. The van der Waals surface area contributed by atoms with Crippen molar-refractivity contribution >= 4 is 22.5 Å². The second kappa shape index (κ2) is 8.54. The predicted octanol–water partition coefficient (Wildman–Crippen LogP) is 2.50. The lowest BCUT2D eigenvalue weighted by molar-refractivity contribution is 0.188. The van der Waals surface area contributed by atoms with Gasteiger partial charge in [0.2, 0.25) is 5.13 Å². The molecule has 23 heavy (non-hydrogen) atoms. The summed E-state index contributed by atoms with van der Waals surface area (Å²) in [5.74, 6) is -0.279. The number of rotatable bonds is 7. The van der Waals surface area contributed by atoms with E-state index in [4.69, 9.17) is 5.11 Å². The molecule has 0 aliphatic carbocycles. The van der Waals surface area contributed by atoms with Crippen molar-refractivity contribution in [2.45, 2.75) is 19.8 Å². The highest BCUT2D eigenvalue weighted by molar-refractivity contribution is 7.15. The van der Waals surface area contributed by atoms with Gasteiger partial charge >= 0.3 is 6.03 Å². The molecule has 2 amide bonds. The average molecular weight is 338 g/mol. The molecule has 0 saturated heterocycles. The van der Waals surface area contributed by atoms with E-state index >= 15 is 0 Å². The van der Waals surface area contributed by atoms with Gasteiger partial charge in [0, 0.05) is 19.5 Å². The van der Waals surface area contributed by atoms with Crippen LogP contribution in [-0.4, -0.2) is 45.9 Å². The smallest absolute Gasteiger partial charge is 0.323 e. The van der Waals surface area contributed by atoms with E-state index in [9.17, 15) is 9.18 Å². The Bertz CT molecular complexity index is 627. The zero-order chi connectivity index (χ0) is 16.7. The quantitative estimate of drug-likeness (QED) is 0.813. The third-order valence-electron chi connectivity index (χ3n) is 3.10. The minimum Gasteiger partial charge on any atom is -0.395 e. The standard InChI is InChI=1S/C15H19FN4O2S/c1-2-7-20(8-9-21)15(22)17-14-19-18-13(23-14)10-11-3-5-12(16)6-4-11/h3-6,21H,2,7-10H2,1H3,(H,17,19,22). The second-order valence-corrected chi connectivity index (χ2v) is 6.01. The van der Waals surface area contributed by atoms with Crippen LogP contribution in [0.5, 0.6) is 0 Å². The topological polar surface area (TPSA) is 78.4 Å². The van der Waals surface area contributed by atoms with Crippen LogP contribution in [0.1, 0.15) is 23.9 Å². The van der Waals surface area contributed by atoms with Crippen molar-refractivity contribution in [3.63, 3.8) is 0 Å². The molecule has 0 atom stereocenters. The first-order valence-corrected chi connectivity index (χ1v) is 8.17. The van der Waals surface area contributed by atoms with Gasteiger partial charge in [-0.3, -0.25) is 5.32 Å². The number of aliphatic hydroxyl groups excluding tert-OH is 1. The Morgan fingerprint density at radius 2 is 2.04 bits per heavy atom.